The van der Waals surface area contributed by atoms with Crippen molar-refractivity contribution in [1.82, 2.24) is 0 Å². The molecule has 0 radical (unpaired) electrons. The summed E-state index contributed by atoms with van der Waals surface area (Å²) in [6, 6.07) is 5.95. The SMILES string of the molecule is CN(C)c1ccc(N)c(OCCC2CCCC2)c1. The molecule has 3 heteroatoms. The Kier molecular flexibility index (Phi) is 4.34. The molecule has 1 aliphatic rings. The lowest BCUT2D eigenvalue weighted by Crippen LogP contribution is -2.10. The van der Waals surface area contributed by atoms with Gasteiger partial charge in [0.25, 0.3) is 0 Å². The minimum Gasteiger partial charge on any atom is -0.491 e. The largest absolute Gasteiger partial charge is 0.491 e. The molecular formula is C15H24N2O. The number of rotatable bonds is 5. The summed E-state index contributed by atoms with van der Waals surface area (Å²) in [5.41, 5.74) is 7.79. The van der Waals surface area contributed by atoms with Gasteiger partial charge in [0.05, 0.1) is 12.3 Å². The van der Waals surface area contributed by atoms with Gasteiger partial charge in [0.1, 0.15) is 5.75 Å². The Hall–Kier alpha value is -1.38. The predicted octanol–water partition coefficient (Wildman–Crippen LogP) is 3.29. The zero-order valence-corrected chi connectivity index (χ0v) is 11.5. The molecule has 1 aromatic rings. The molecule has 0 spiro atoms. The summed E-state index contributed by atoms with van der Waals surface area (Å²) < 4.78 is 5.84. The van der Waals surface area contributed by atoms with Crippen LogP contribution in [-0.4, -0.2) is 20.7 Å². The number of hydrogen-bond donors (Lipinski definition) is 1. The van der Waals surface area contributed by atoms with Gasteiger partial charge in [-0.2, -0.15) is 0 Å². The van der Waals surface area contributed by atoms with Gasteiger partial charge in [-0.25, -0.2) is 0 Å². The molecule has 100 valence electrons. The quantitative estimate of drug-likeness (QED) is 0.813. The summed E-state index contributed by atoms with van der Waals surface area (Å²) in [5.74, 6) is 1.68. The number of ether oxygens (including phenoxy) is 1. The van der Waals surface area contributed by atoms with Gasteiger partial charge in [-0.3, -0.25) is 0 Å². The Balaban J connectivity index is 1.89. The van der Waals surface area contributed by atoms with Gasteiger partial charge in [-0.05, 0) is 24.5 Å². The maximum atomic E-state index is 5.94. The third-order valence-corrected chi connectivity index (χ3v) is 3.77. The summed E-state index contributed by atoms with van der Waals surface area (Å²) in [6.07, 6.45) is 6.69. The molecule has 0 bridgehead atoms. The zero-order chi connectivity index (χ0) is 13.0. The molecule has 0 unspecified atom stereocenters. The van der Waals surface area contributed by atoms with E-state index in [4.69, 9.17) is 10.5 Å². The van der Waals surface area contributed by atoms with Crippen LogP contribution in [-0.2, 0) is 0 Å². The van der Waals surface area contributed by atoms with E-state index in [1.807, 2.05) is 32.3 Å². The molecule has 0 saturated heterocycles. The van der Waals surface area contributed by atoms with Crippen molar-refractivity contribution in [3.63, 3.8) is 0 Å². The fraction of sp³-hybridized carbons (Fsp3) is 0.600. The summed E-state index contributed by atoms with van der Waals surface area (Å²) in [6.45, 7) is 0.783. The first-order valence-electron chi connectivity index (χ1n) is 6.86. The van der Waals surface area contributed by atoms with Crippen molar-refractivity contribution in [1.29, 1.82) is 0 Å². The molecule has 2 rings (SSSR count). The maximum Gasteiger partial charge on any atom is 0.144 e. The molecule has 1 aliphatic carbocycles. The smallest absolute Gasteiger partial charge is 0.144 e. The van der Waals surface area contributed by atoms with Gasteiger partial charge in [0, 0.05) is 25.8 Å². The Labute approximate surface area is 110 Å². The van der Waals surface area contributed by atoms with Crippen LogP contribution in [0.3, 0.4) is 0 Å². The molecule has 0 atom stereocenters. The molecule has 1 fully saturated rings. The highest BCUT2D eigenvalue weighted by atomic mass is 16.5. The molecule has 3 nitrogen and oxygen atoms in total. The van der Waals surface area contributed by atoms with Gasteiger partial charge >= 0.3 is 0 Å². The minimum atomic E-state index is 0.729. The van der Waals surface area contributed by atoms with E-state index in [1.165, 1.54) is 25.7 Å². The van der Waals surface area contributed by atoms with Crippen molar-refractivity contribution >= 4 is 11.4 Å². The molecule has 1 aromatic carbocycles. The first kappa shape index (κ1) is 13.1. The highest BCUT2D eigenvalue weighted by Crippen LogP contribution is 2.30. The Bertz CT molecular complexity index is 384. The molecule has 2 N–H and O–H groups in total. The Morgan fingerprint density at radius 3 is 2.67 bits per heavy atom. The number of nitrogens with zero attached hydrogens (tertiary/aromatic N) is 1. The van der Waals surface area contributed by atoms with Crippen LogP contribution in [0.4, 0.5) is 11.4 Å². The minimum absolute atomic E-state index is 0.729. The standard InChI is InChI=1S/C15H24N2O/c1-17(2)13-7-8-14(16)15(11-13)18-10-9-12-5-3-4-6-12/h7-8,11-12H,3-6,9-10,16H2,1-2H3. The van der Waals surface area contributed by atoms with Gasteiger partial charge < -0.3 is 15.4 Å². The average Bonchev–Trinajstić information content (AvgIpc) is 2.84. The molecule has 0 aliphatic heterocycles. The molecule has 0 heterocycles. The monoisotopic (exact) mass is 248 g/mol. The van der Waals surface area contributed by atoms with Crippen molar-refractivity contribution in [2.45, 2.75) is 32.1 Å². The number of nitrogen functional groups attached to an aromatic ring is 1. The third kappa shape index (κ3) is 3.31. The van der Waals surface area contributed by atoms with Crippen LogP contribution in [0.5, 0.6) is 5.75 Å². The molecule has 18 heavy (non-hydrogen) atoms. The lowest BCUT2D eigenvalue weighted by atomic mass is 10.1. The van der Waals surface area contributed by atoms with Crippen LogP contribution >= 0.6 is 0 Å². The topological polar surface area (TPSA) is 38.5 Å². The van der Waals surface area contributed by atoms with Gasteiger partial charge in [-0.1, -0.05) is 25.7 Å². The molecular weight excluding hydrogens is 224 g/mol. The number of hydrogen-bond acceptors (Lipinski definition) is 3. The van der Waals surface area contributed by atoms with Crippen LogP contribution in [0.25, 0.3) is 0 Å². The zero-order valence-electron chi connectivity index (χ0n) is 11.5. The van der Waals surface area contributed by atoms with Crippen molar-refractivity contribution in [2.75, 3.05) is 31.3 Å². The van der Waals surface area contributed by atoms with E-state index < -0.39 is 0 Å². The Morgan fingerprint density at radius 1 is 1.28 bits per heavy atom. The second-order valence-corrected chi connectivity index (χ2v) is 5.40. The number of anilines is 2. The number of nitrogens with two attached hydrogens (primary N) is 1. The van der Waals surface area contributed by atoms with Crippen molar-refractivity contribution < 1.29 is 4.74 Å². The average molecular weight is 248 g/mol. The molecule has 0 amide bonds. The van der Waals surface area contributed by atoms with Crippen molar-refractivity contribution in [3.05, 3.63) is 18.2 Å². The van der Waals surface area contributed by atoms with Crippen molar-refractivity contribution in [2.24, 2.45) is 5.92 Å². The second kappa shape index (κ2) is 5.98. The fourth-order valence-electron chi connectivity index (χ4n) is 2.56. The fourth-order valence-corrected chi connectivity index (χ4v) is 2.56. The van der Waals surface area contributed by atoms with E-state index in [1.54, 1.807) is 0 Å². The highest BCUT2D eigenvalue weighted by Gasteiger charge is 2.15. The lowest BCUT2D eigenvalue weighted by molar-refractivity contribution is 0.280. The van der Waals surface area contributed by atoms with E-state index in [2.05, 4.69) is 4.90 Å². The second-order valence-electron chi connectivity index (χ2n) is 5.40. The van der Waals surface area contributed by atoms with E-state index in [-0.39, 0.29) is 0 Å². The van der Waals surface area contributed by atoms with Crippen LogP contribution < -0.4 is 15.4 Å². The predicted molar refractivity (Wildman–Crippen MR) is 77.3 cm³/mol. The Morgan fingerprint density at radius 2 is 2.00 bits per heavy atom. The normalized spacial score (nSPS) is 15.9. The third-order valence-electron chi connectivity index (χ3n) is 3.77. The first-order valence-corrected chi connectivity index (χ1v) is 6.86. The molecule has 0 aromatic heterocycles. The van der Waals surface area contributed by atoms with E-state index in [9.17, 15) is 0 Å². The summed E-state index contributed by atoms with van der Waals surface area (Å²) in [4.78, 5) is 2.06. The maximum absolute atomic E-state index is 5.94. The van der Waals surface area contributed by atoms with Gasteiger partial charge in [0.2, 0.25) is 0 Å². The first-order chi connectivity index (χ1) is 8.66. The summed E-state index contributed by atoms with van der Waals surface area (Å²) in [5, 5.41) is 0. The van der Waals surface area contributed by atoms with Gasteiger partial charge in [0.15, 0.2) is 0 Å². The van der Waals surface area contributed by atoms with Crippen LogP contribution in [0.2, 0.25) is 0 Å². The molecule has 1 saturated carbocycles. The van der Waals surface area contributed by atoms with Crippen LogP contribution in [0.15, 0.2) is 18.2 Å². The van der Waals surface area contributed by atoms with E-state index >= 15 is 0 Å². The van der Waals surface area contributed by atoms with Crippen LogP contribution in [0, 0.1) is 5.92 Å². The lowest BCUT2D eigenvalue weighted by Gasteiger charge is -2.16. The number of benzene rings is 1. The van der Waals surface area contributed by atoms with Crippen LogP contribution in [0.1, 0.15) is 32.1 Å². The highest BCUT2D eigenvalue weighted by molar-refractivity contribution is 5.61. The van der Waals surface area contributed by atoms with Gasteiger partial charge in [-0.15, -0.1) is 0 Å². The van der Waals surface area contributed by atoms with Crippen molar-refractivity contribution in [3.8, 4) is 5.75 Å². The van der Waals surface area contributed by atoms with E-state index in [0.717, 1.165) is 36.1 Å². The van der Waals surface area contributed by atoms with E-state index in [0.29, 0.717) is 0 Å². The summed E-state index contributed by atoms with van der Waals surface area (Å²) >= 11 is 0. The summed E-state index contributed by atoms with van der Waals surface area (Å²) in [7, 11) is 4.04.